The third-order valence-electron chi connectivity index (χ3n) is 6.98. The number of hydrazone groups is 1. The molecule has 7 nitrogen and oxygen atoms in total. The van der Waals surface area contributed by atoms with Crippen molar-refractivity contribution in [3.8, 4) is 28.4 Å². The van der Waals surface area contributed by atoms with Gasteiger partial charge in [0.25, 0.3) is 0 Å². The Labute approximate surface area is 222 Å². The topological polar surface area (TPSA) is 73.3 Å². The maximum absolute atomic E-state index is 12.9. The highest BCUT2D eigenvalue weighted by atomic mass is 16.5. The van der Waals surface area contributed by atoms with Crippen LogP contribution in [0.2, 0.25) is 0 Å². The van der Waals surface area contributed by atoms with E-state index in [1.54, 1.807) is 26.3 Å². The second kappa shape index (κ2) is 10.2. The molecule has 38 heavy (non-hydrogen) atoms. The number of amides is 1. The van der Waals surface area contributed by atoms with Crippen LogP contribution in [0.1, 0.15) is 41.8 Å². The Hall–Kier alpha value is -4.39. The number of methoxy groups -OCH3 is 3. The molecule has 3 aromatic carbocycles. The lowest BCUT2D eigenvalue weighted by Crippen LogP contribution is -2.24. The summed E-state index contributed by atoms with van der Waals surface area (Å²) in [5.41, 5.74) is 7.72. The fourth-order valence-electron chi connectivity index (χ4n) is 5.26. The molecule has 1 unspecified atom stereocenters. The summed E-state index contributed by atoms with van der Waals surface area (Å²) in [6.45, 7) is 5.62. The highest BCUT2D eigenvalue weighted by molar-refractivity contribution is 6.14. The van der Waals surface area contributed by atoms with Crippen LogP contribution in [0.3, 0.4) is 0 Å². The summed E-state index contributed by atoms with van der Waals surface area (Å²) in [6, 6.07) is 20.0. The summed E-state index contributed by atoms with van der Waals surface area (Å²) < 4.78 is 16.7. The molecule has 2 heterocycles. The molecule has 0 radical (unpaired) electrons. The highest BCUT2D eigenvalue weighted by Gasteiger charge is 2.35. The minimum Gasteiger partial charge on any atom is -0.493 e. The molecule has 194 valence electrons. The Morgan fingerprint density at radius 3 is 2.18 bits per heavy atom. The smallest absolute Gasteiger partial charge is 0.240 e. The lowest BCUT2D eigenvalue weighted by Gasteiger charge is -2.22. The van der Waals surface area contributed by atoms with E-state index in [4.69, 9.17) is 24.3 Å². The maximum Gasteiger partial charge on any atom is 0.240 e. The van der Waals surface area contributed by atoms with Gasteiger partial charge in [0.15, 0.2) is 11.5 Å². The van der Waals surface area contributed by atoms with Gasteiger partial charge in [0, 0.05) is 35.6 Å². The molecule has 1 atom stereocenters. The van der Waals surface area contributed by atoms with Crippen LogP contribution in [0.4, 0.5) is 0 Å². The normalized spacial score (nSPS) is 14.9. The Morgan fingerprint density at radius 1 is 0.895 bits per heavy atom. The summed E-state index contributed by atoms with van der Waals surface area (Å²) in [5, 5.41) is 7.50. The molecule has 0 spiro atoms. The second-order valence-electron chi connectivity index (χ2n) is 9.42. The van der Waals surface area contributed by atoms with Gasteiger partial charge in [-0.2, -0.15) is 5.10 Å². The van der Waals surface area contributed by atoms with Gasteiger partial charge in [-0.3, -0.25) is 9.78 Å². The molecule has 0 N–H and O–H groups in total. The monoisotopic (exact) mass is 509 g/mol. The molecule has 0 saturated heterocycles. The van der Waals surface area contributed by atoms with E-state index in [0.29, 0.717) is 23.7 Å². The van der Waals surface area contributed by atoms with Gasteiger partial charge in [0.1, 0.15) is 0 Å². The van der Waals surface area contributed by atoms with Crippen molar-refractivity contribution in [1.29, 1.82) is 0 Å². The molecule has 0 bridgehead atoms. The van der Waals surface area contributed by atoms with Crippen molar-refractivity contribution >= 4 is 22.5 Å². The van der Waals surface area contributed by atoms with Gasteiger partial charge in [-0.1, -0.05) is 42.0 Å². The summed E-state index contributed by atoms with van der Waals surface area (Å²) in [5.74, 6) is 1.41. The van der Waals surface area contributed by atoms with Gasteiger partial charge in [-0.05, 0) is 49.2 Å². The minimum absolute atomic E-state index is 0.151. The van der Waals surface area contributed by atoms with Crippen LogP contribution in [0.15, 0.2) is 65.8 Å². The molecule has 4 aromatic rings. The first-order valence-electron chi connectivity index (χ1n) is 12.5. The van der Waals surface area contributed by atoms with E-state index in [-0.39, 0.29) is 11.9 Å². The lowest BCUT2D eigenvalue weighted by atomic mass is 9.89. The molecular formula is C31H31N3O4. The number of fused-ring (bicyclic) bond motifs is 1. The molecule has 7 heteroatoms. The van der Waals surface area contributed by atoms with Crippen LogP contribution in [-0.2, 0) is 4.79 Å². The Bertz CT molecular complexity index is 1540. The molecule has 1 aliphatic heterocycles. The average molecular weight is 510 g/mol. The van der Waals surface area contributed by atoms with Crippen LogP contribution in [-0.4, -0.2) is 42.9 Å². The largest absolute Gasteiger partial charge is 0.493 e. The summed E-state index contributed by atoms with van der Waals surface area (Å²) in [6.07, 6.45) is 0.512. The number of benzene rings is 3. The van der Waals surface area contributed by atoms with Crippen molar-refractivity contribution < 1.29 is 19.0 Å². The first kappa shape index (κ1) is 25.3. The third-order valence-corrected chi connectivity index (χ3v) is 6.98. The molecule has 0 fully saturated rings. The number of ether oxygens (including phenoxy) is 3. The van der Waals surface area contributed by atoms with Gasteiger partial charge in [-0.25, -0.2) is 5.01 Å². The van der Waals surface area contributed by atoms with E-state index in [0.717, 1.165) is 50.1 Å². The molecule has 0 saturated carbocycles. The molecular weight excluding hydrogens is 478 g/mol. The molecule has 1 aromatic heterocycles. The number of aromatic nitrogens is 1. The third kappa shape index (κ3) is 4.34. The van der Waals surface area contributed by atoms with E-state index in [1.807, 2.05) is 37.3 Å². The zero-order valence-corrected chi connectivity index (χ0v) is 22.5. The maximum atomic E-state index is 12.9. The Morgan fingerprint density at radius 2 is 1.58 bits per heavy atom. The molecule has 5 rings (SSSR count). The summed E-state index contributed by atoms with van der Waals surface area (Å²) >= 11 is 0. The van der Waals surface area contributed by atoms with Gasteiger partial charge in [0.05, 0.1) is 38.6 Å². The van der Waals surface area contributed by atoms with Crippen molar-refractivity contribution in [1.82, 2.24) is 9.99 Å². The van der Waals surface area contributed by atoms with E-state index in [9.17, 15) is 4.79 Å². The van der Waals surface area contributed by atoms with Gasteiger partial charge >= 0.3 is 0 Å². The number of pyridine rings is 1. The first-order chi connectivity index (χ1) is 18.4. The number of hydrogen-bond acceptors (Lipinski definition) is 6. The first-order valence-corrected chi connectivity index (χ1v) is 12.5. The van der Waals surface area contributed by atoms with Gasteiger partial charge in [-0.15, -0.1) is 0 Å². The quantitative estimate of drug-likeness (QED) is 0.308. The zero-order chi connectivity index (χ0) is 27.0. The van der Waals surface area contributed by atoms with E-state index in [1.165, 1.54) is 6.92 Å². The second-order valence-corrected chi connectivity index (χ2v) is 9.42. The van der Waals surface area contributed by atoms with Crippen LogP contribution >= 0.6 is 0 Å². The van der Waals surface area contributed by atoms with E-state index < -0.39 is 0 Å². The fourth-order valence-corrected chi connectivity index (χ4v) is 5.26. The Balaban J connectivity index is 1.70. The van der Waals surface area contributed by atoms with Crippen molar-refractivity contribution in [2.24, 2.45) is 5.10 Å². The lowest BCUT2D eigenvalue weighted by molar-refractivity contribution is -0.130. The summed E-state index contributed by atoms with van der Waals surface area (Å²) in [4.78, 5) is 17.8. The molecule has 1 aliphatic rings. The van der Waals surface area contributed by atoms with E-state index >= 15 is 0 Å². The molecule has 0 aliphatic carbocycles. The highest BCUT2D eigenvalue weighted by Crippen LogP contribution is 2.44. The van der Waals surface area contributed by atoms with Crippen LogP contribution in [0, 0.1) is 13.8 Å². The van der Waals surface area contributed by atoms with Crippen molar-refractivity contribution in [2.45, 2.75) is 33.2 Å². The predicted octanol–water partition coefficient (Wildman–Crippen LogP) is 6.24. The zero-order valence-electron chi connectivity index (χ0n) is 22.5. The number of carbonyl (C=O) groups excluding carboxylic acids is 1. The molecule has 1 amide bonds. The number of hydrogen-bond donors (Lipinski definition) is 0. The number of rotatable bonds is 6. The number of aryl methyl sites for hydroxylation is 2. The van der Waals surface area contributed by atoms with Crippen LogP contribution in [0.5, 0.6) is 17.2 Å². The number of nitrogens with zero attached hydrogens (tertiary/aromatic N) is 3. The van der Waals surface area contributed by atoms with Crippen molar-refractivity contribution in [2.75, 3.05) is 21.3 Å². The fraction of sp³-hybridized carbons (Fsp3) is 0.258. The van der Waals surface area contributed by atoms with E-state index in [2.05, 4.69) is 37.3 Å². The average Bonchev–Trinajstić information content (AvgIpc) is 3.37. The Kier molecular flexibility index (Phi) is 6.76. The van der Waals surface area contributed by atoms with Crippen LogP contribution < -0.4 is 14.2 Å². The van der Waals surface area contributed by atoms with Gasteiger partial charge < -0.3 is 14.2 Å². The van der Waals surface area contributed by atoms with Crippen molar-refractivity contribution in [3.63, 3.8) is 0 Å². The SMILES string of the molecule is COc1cc(C2CC(c3c(C)nc4ccc(C)cc4c3-c3ccccc3)=NN2C(C)=O)cc(OC)c1OC. The summed E-state index contributed by atoms with van der Waals surface area (Å²) in [7, 11) is 4.73. The van der Waals surface area contributed by atoms with Crippen molar-refractivity contribution in [3.05, 3.63) is 83.0 Å². The van der Waals surface area contributed by atoms with Gasteiger partial charge in [0.2, 0.25) is 11.7 Å². The van der Waals surface area contributed by atoms with Crippen LogP contribution in [0.25, 0.3) is 22.0 Å². The standard InChI is InChI=1S/C31H31N3O4/c1-18-12-13-24-23(14-18)30(21-10-8-7-9-11-21)29(19(2)32-24)25-17-26(34(33-25)20(3)35)22-15-27(36-4)31(38-6)28(16-22)37-5/h7-16,26H,17H2,1-6H3. The minimum atomic E-state index is -0.340. The number of carbonyl (C=O) groups is 1. The predicted molar refractivity (Wildman–Crippen MR) is 149 cm³/mol.